The van der Waals surface area contributed by atoms with Crippen molar-refractivity contribution in [2.75, 3.05) is 27.4 Å². The van der Waals surface area contributed by atoms with Gasteiger partial charge in [0.05, 0.1) is 19.8 Å². The van der Waals surface area contributed by atoms with Gasteiger partial charge < -0.3 is 28.7 Å². The lowest BCUT2D eigenvalue weighted by Gasteiger charge is -2.20. The van der Waals surface area contributed by atoms with Gasteiger partial charge in [0.1, 0.15) is 11.8 Å². The maximum atomic E-state index is 12.1. The van der Waals surface area contributed by atoms with Crippen molar-refractivity contribution in [3.8, 4) is 0 Å². The van der Waals surface area contributed by atoms with Crippen LogP contribution in [-0.4, -0.2) is 56.5 Å². The summed E-state index contributed by atoms with van der Waals surface area (Å²) in [4.78, 5) is 34.1. The number of amides is 1. The average molecular weight is 332 g/mol. The molecule has 1 heterocycles. The zero-order valence-corrected chi connectivity index (χ0v) is 13.1. The van der Waals surface area contributed by atoms with Gasteiger partial charge in [-0.1, -0.05) is 0 Å². The second-order valence-corrected chi connectivity index (χ2v) is 4.68. The Morgan fingerprint density at radius 2 is 1.78 bits per heavy atom. The van der Waals surface area contributed by atoms with Gasteiger partial charge >= 0.3 is 11.8 Å². The molecule has 0 spiro atoms. The molecule has 10 nitrogen and oxygen atoms in total. The van der Waals surface area contributed by atoms with Crippen LogP contribution < -0.4 is 16.5 Å². The van der Waals surface area contributed by atoms with Crippen LogP contribution in [0.5, 0.6) is 0 Å². The summed E-state index contributed by atoms with van der Waals surface area (Å²) in [5.41, 5.74) is 0. The Hall–Kier alpha value is -2.17. The van der Waals surface area contributed by atoms with Crippen molar-refractivity contribution < 1.29 is 33.0 Å². The van der Waals surface area contributed by atoms with E-state index >= 15 is 0 Å². The first-order valence-electron chi connectivity index (χ1n) is 6.72. The van der Waals surface area contributed by atoms with E-state index in [4.69, 9.17) is 23.4 Å². The molecule has 1 aromatic rings. The monoisotopic (exact) mass is 332 g/mol. The molecule has 0 saturated carbocycles. The average Bonchev–Trinajstić information content (AvgIpc) is 2.80. The highest BCUT2D eigenvalue weighted by atomic mass is 16.6. The fourth-order valence-electron chi connectivity index (χ4n) is 1.76. The third-order valence-corrected chi connectivity index (χ3v) is 2.94. The molecular formula is C13H20N2O8. The van der Waals surface area contributed by atoms with Gasteiger partial charge in [0, 0.05) is 14.2 Å². The molecule has 0 fully saturated rings. The minimum Gasteiger partial charge on any atom is -0.480 e. The van der Waals surface area contributed by atoms with Crippen LogP contribution in [0.1, 0.15) is 11.5 Å². The molecule has 1 amide bonds. The standard InChI is InChI=1S/C13H20N2O8/c1-7-10(23-13(19)22-7)4-14-8(5-20-2)11(16)15-9(6-21-3)12(17)18/h8-9,14H,4-6H2,1-3H3,(H,15,16)(H,17,18)/t8-,9?/m0/s1. The summed E-state index contributed by atoms with van der Waals surface area (Å²) in [6.45, 7) is 1.41. The molecule has 0 aliphatic heterocycles. The highest BCUT2D eigenvalue weighted by Gasteiger charge is 2.25. The van der Waals surface area contributed by atoms with Gasteiger partial charge in [-0.3, -0.25) is 10.1 Å². The van der Waals surface area contributed by atoms with Crippen molar-refractivity contribution in [1.82, 2.24) is 10.6 Å². The first-order chi connectivity index (χ1) is 10.9. The normalized spacial score (nSPS) is 13.5. The van der Waals surface area contributed by atoms with Crippen molar-refractivity contribution >= 4 is 11.9 Å². The number of methoxy groups -OCH3 is 2. The Kier molecular flexibility index (Phi) is 7.45. The van der Waals surface area contributed by atoms with Crippen molar-refractivity contribution in [3.05, 3.63) is 22.1 Å². The summed E-state index contributed by atoms with van der Waals surface area (Å²) in [6, 6.07) is -2.03. The maximum absolute atomic E-state index is 12.1. The van der Waals surface area contributed by atoms with Crippen molar-refractivity contribution in [3.63, 3.8) is 0 Å². The summed E-state index contributed by atoms with van der Waals surface area (Å²) in [5, 5.41) is 14.2. The molecule has 3 N–H and O–H groups in total. The highest BCUT2D eigenvalue weighted by molar-refractivity contribution is 5.87. The van der Waals surface area contributed by atoms with Crippen LogP contribution in [-0.2, 0) is 25.6 Å². The zero-order chi connectivity index (χ0) is 17.4. The van der Waals surface area contributed by atoms with E-state index in [2.05, 4.69) is 10.6 Å². The molecule has 0 aromatic carbocycles. The number of hydrogen-bond donors (Lipinski definition) is 3. The number of ether oxygens (including phenoxy) is 2. The summed E-state index contributed by atoms with van der Waals surface area (Å²) in [7, 11) is 2.73. The number of carboxylic acid groups (broad SMARTS) is 1. The predicted octanol–water partition coefficient (Wildman–Crippen LogP) is -1.14. The molecule has 1 rings (SSSR count). The predicted molar refractivity (Wildman–Crippen MR) is 75.9 cm³/mol. The van der Waals surface area contributed by atoms with Gasteiger partial charge in [0.15, 0.2) is 11.8 Å². The second kappa shape index (κ2) is 9.08. The molecule has 2 atom stereocenters. The van der Waals surface area contributed by atoms with E-state index in [-0.39, 0.29) is 25.5 Å². The Labute approximate surface area is 131 Å². The molecule has 1 aromatic heterocycles. The quantitative estimate of drug-likeness (QED) is 0.485. The third-order valence-electron chi connectivity index (χ3n) is 2.94. The van der Waals surface area contributed by atoms with Crippen LogP contribution in [0.3, 0.4) is 0 Å². The lowest BCUT2D eigenvalue weighted by molar-refractivity contribution is -0.143. The molecule has 0 aliphatic carbocycles. The fourth-order valence-corrected chi connectivity index (χ4v) is 1.76. The van der Waals surface area contributed by atoms with Crippen molar-refractivity contribution in [1.29, 1.82) is 0 Å². The molecule has 10 heteroatoms. The van der Waals surface area contributed by atoms with Crippen LogP contribution in [0.4, 0.5) is 0 Å². The number of carbonyl (C=O) groups is 2. The maximum Gasteiger partial charge on any atom is 0.519 e. The van der Waals surface area contributed by atoms with Gasteiger partial charge in [-0.25, -0.2) is 9.59 Å². The van der Waals surface area contributed by atoms with E-state index in [9.17, 15) is 14.4 Å². The van der Waals surface area contributed by atoms with Gasteiger partial charge in [0.25, 0.3) is 0 Å². The zero-order valence-electron chi connectivity index (χ0n) is 13.1. The van der Waals surface area contributed by atoms with E-state index in [1.807, 2.05) is 0 Å². The lowest BCUT2D eigenvalue weighted by atomic mass is 10.2. The second-order valence-electron chi connectivity index (χ2n) is 4.68. The number of nitrogens with one attached hydrogen (secondary N) is 2. The van der Waals surface area contributed by atoms with Crippen LogP contribution >= 0.6 is 0 Å². The Morgan fingerprint density at radius 1 is 1.17 bits per heavy atom. The molecule has 1 unspecified atom stereocenters. The Bertz CT molecular complexity index is 579. The smallest absolute Gasteiger partial charge is 0.480 e. The van der Waals surface area contributed by atoms with Crippen LogP contribution in [0, 0.1) is 6.92 Å². The number of carbonyl (C=O) groups excluding carboxylic acids is 1. The Morgan fingerprint density at radius 3 is 2.26 bits per heavy atom. The van der Waals surface area contributed by atoms with Crippen molar-refractivity contribution in [2.45, 2.75) is 25.6 Å². The minimum atomic E-state index is -1.21. The van der Waals surface area contributed by atoms with Crippen molar-refractivity contribution in [2.24, 2.45) is 0 Å². The number of hydrogen-bond acceptors (Lipinski definition) is 8. The molecule has 23 heavy (non-hydrogen) atoms. The molecule has 0 aliphatic rings. The summed E-state index contributed by atoms with van der Waals surface area (Å²) in [6.07, 6.45) is 0. The van der Waals surface area contributed by atoms with Gasteiger partial charge in [-0.15, -0.1) is 0 Å². The van der Waals surface area contributed by atoms with E-state index in [1.165, 1.54) is 14.2 Å². The van der Waals surface area contributed by atoms with E-state index in [1.54, 1.807) is 6.92 Å². The van der Waals surface area contributed by atoms with Gasteiger partial charge in [-0.05, 0) is 6.92 Å². The molecular weight excluding hydrogens is 312 g/mol. The molecule has 0 bridgehead atoms. The van der Waals surface area contributed by atoms with Crippen LogP contribution in [0.15, 0.2) is 13.6 Å². The Balaban J connectivity index is 2.68. The van der Waals surface area contributed by atoms with Gasteiger partial charge in [0.2, 0.25) is 5.91 Å². The van der Waals surface area contributed by atoms with Gasteiger partial charge in [-0.2, -0.15) is 0 Å². The summed E-state index contributed by atoms with van der Waals surface area (Å²) in [5.74, 6) is -2.09. The first-order valence-corrected chi connectivity index (χ1v) is 6.72. The summed E-state index contributed by atoms with van der Waals surface area (Å²) < 4.78 is 19.2. The van der Waals surface area contributed by atoms with Crippen LogP contribution in [0.2, 0.25) is 0 Å². The lowest BCUT2D eigenvalue weighted by Crippen LogP contribution is -2.53. The van der Waals surface area contributed by atoms with E-state index in [0.717, 1.165) is 0 Å². The highest BCUT2D eigenvalue weighted by Crippen LogP contribution is 2.04. The number of carboxylic acids is 1. The number of aliphatic carboxylic acids is 1. The fraction of sp³-hybridized carbons (Fsp3) is 0.615. The van der Waals surface area contributed by atoms with E-state index in [0.29, 0.717) is 5.76 Å². The molecule has 130 valence electrons. The molecule has 0 radical (unpaired) electrons. The SMILES string of the molecule is COCC(NC(=O)[C@H](COC)NCc1oc(=O)oc1C)C(=O)O. The number of aryl methyl sites for hydroxylation is 1. The first kappa shape index (κ1) is 18.9. The topological polar surface area (TPSA) is 140 Å². The molecule has 0 saturated heterocycles. The third kappa shape index (κ3) is 5.85. The minimum absolute atomic E-state index is 0.00765. The van der Waals surface area contributed by atoms with Crippen LogP contribution in [0.25, 0.3) is 0 Å². The van der Waals surface area contributed by atoms with E-state index < -0.39 is 29.8 Å². The summed E-state index contributed by atoms with van der Waals surface area (Å²) >= 11 is 0. The number of rotatable bonds is 10. The largest absolute Gasteiger partial charge is 0.519 e.